The zero-order chi connectivity index (χ0) is 12.7. The lowest BCUT2D eigenvalue weighted by molar-refractivity contribution is -0.136. The smallest absolute Gasteiger partial charge is 0.234 e. The summed E-state index contributed by atoms with van der Waals surface area (Å²) in [5, 5.41) is 2.38. The number of halogens is 1. The quantitative estimate of drug-likeness (QED) is 0.812. The molecule has 0 bridgehead atoms. The van der Waals surface area contributed by atoms with Crippen molar-refractivity contribution in [3.8, 4) is 0 Å². The van der Waals surface area contributed by atoms with Crippen molar-refractivity contribution in [3.05, 3.63) is 35.6 Å². The van der Waals surface area contributed by atoms with Gasteiger partial charge in [-0.05, 0) is 42.4 Å². The molecule has 1 aliphatic heterocycles. The van der Waals surface area contributed by atoms with E-state index in [0.717, 1.165) is 18.4 Å². The molecule has 1 aliphatic carbocycles. The maximum absolute atomic E-state index is 12.9. The molecule has 1 aromatic rings. The van der Waals surface area contributed by atoms with Crippen LogP contribution in [0.5, 0.6) is 0 Å². The monoisotopic (exact) mass is 247 g/mol. The Morgan fingerprint density at radius 1 is 1.11 bits per heavy atom. The number of carbonyl (C=O) groups excluding carboxylic acids is 2. The van der Waals surface area contributed by atoms with E-state index in [1.54, 1.807) is 12.1 Å². The number of amides is 2. The highest BCUT2D eigenvalue weighted by molar-refractivity contribution is 6.01. The number of hydrogen-bond donors (Lipinski definition) is 1. The first-order valence-electron chi connectivity index (χ1n) is 6.24. The Balaban J connectivity index is 1.93. The molecule has 18 heavy (non-hydrogen) atoms. The van der Waals surface area contributed by atoms with E-state index in [-0.39, 0.29) is 29.5 Å². The van der Waals surface area contributed by atoms with Gasteiger partial charge in [-0.1, -0.05) is 12.1 Å². The Labute approximate surface area is 104 Å². The van der Waals surface area contributed by atoms with Crippen LogP contribution in [0.2, 0.25) is 0 Å². The summed E-state index contributed by atoms with van der Waals surface area (Å²) in [6, 6.07) is 6.02. The van der Waals surface area contributed by atoms with E-state index in [2.05, 4.69) is 5.32 Å². The lowest BCUT2D eigenvalue weighted by Crippen LogP contribution is -2.45. The Morgan fingerprint density at radius 3 is 2.39 bits per heavy atom. The van der Waals surface area contributed by atoms with Crippen molar-refractivity contribution in [3.63, 3.8) is 0 Å². The molecule has 1 aromatic carbocycles. The first kappa shape index (κ1) is 11.4. The minimum absolute atomic E-state index is 0.0803. The number of benzene rings is 1. The van der Waals surface area contributed by atoms with E-state index in [4.69, 9.17) is 0 Å². The van der Waals surface area contributed by atoms with Gasteiger partial charge in [0.25, 0.3) is 0 Å². The predicted molar refractivity (Wildman–Crippen MR) is 63.1 cm³/mol. The molecule has 1 N–H and O–H groups in total. The molecular formula is C14H14FNO2. The van der Waals surface area contributed by atoms with E-state index < -0.39 is 0 Å². The Hall–Kier alpha value is -1.71. The van der Waals surface area contributed by atoms with Crippen LogP contribution in [0, 0.1) is 17.7 Å². The first-order chi connectivity index (χ1) is 8.65. The van der Waals surface area contributed by atoms with E-state index in [1.165, 1.54) is 12.1 Å². The third-order valence-electron chi connectivity index (χ3n) is 3.85. The average molecular weight is 247 g/mol. The van der Waals surface area contributed by atoms with Gasteiger partial charge >= 0.3 is 0 Å². The van der Waals surface area contributed by atoms with Crippen LogP contribution in [-0.4, -0.2) is 11.8 Å². The number of hydrogen-bond acceptors (Lipinski definition) is 2. The van der Waals surface area contributed by atoms with Gasteiger partial charge in [-0.25, -0.2) is 4.39 Å². The van der Waals surface area contributed by atoms with Crippen LogP contribution in [0.15, 0.2) is 24.3 Å². The summed E-state index contributed by atoms with van der Waals surface area (Å²) in [5.74, 6) is -0.499. The molecule has 0 spiro atoms. The van der Waals surface area contributed by atoms with Gasteiger partial charge in [-0.15, -0.1) is 0 Å². The molecule has 2 aliphatic rings. The van der Waals surface area contributed by atoms with E-state index in [9.17, 15) is 14.0 Å². The van der Waals surface area contributed by atoms with Crippen LogP contribution in [-0.2, 0) is 9.59 Å². The molecule has 0 aromatic heterocycles. The minimum atomic E-state index is -0.311. The molecule has 3 rings (SSSR count). The SMILES string of the molecule is O=C1CC(C2CC2)C(c2ccc(F)cc2)C(=O)N1. The van der Waals surface area contributed by atoms with Gasteiger partial charge in [0.05, 0.1) is 5.92 Å². The summed E-state index contributed by atoms with van der Waals surface area (Å²) in [4.78, 5) is 23.5. The number of imide groups is 1. The molecule has 1 saturated carbocycles. The second-order valence-corrected chi connectivity index (χ2v) is 5.15. The van der Waals surface area contributed by atoms with Crippen LogP contribution >= 0.6 is 0 Å². The molecule has 1 saturated heterocycles. The third-order valence-corrected chi connectivity index (χ3v) is 3.85. The molecule has 0 radical (unpaired) electrons. The first-order valence-corrected chi connectivity index (χ1v) is 6.24. The molecular weight excluding hydrogens is 233 g/mol. The third kappa shape index (κ3) is 2.03. The number of rotatable bonds is 2. The average Bonchev–Trinajstić information content (AvgIpc) is 3.14. The summed E-state index contributed by atoms with van der Waals surface area (Å²) >= 11 is 0. The van der Waals surface area contributed by atoms with Crippen molar-refractivity contribution >= 4 is 11.8 Å². The highest BCUT2D eigenvalue weighted by Crippen LogP contribution is 2.47. The molecule has 2 unspecified atom stereocenters. The highest BCUT2D eigenvalue weighted by atomic mass is 19.1. The summed E-state index contributed by atoms with van der Waals surface area (Å²) < 4.78 is 12.9. The predicted octanol–water partition coefficient (Wildman–Crippen LogP) is 1.98. The fourth-order valence-electron chi connectivity index (χ4n) is 2.82. The molecule has 4 heteroatoms. The second-order valence-electron chi connectivity index (χ2n) is 5.15. The van der Waals surface area contributed by atoms with Gasteiger partial charge in [0.15, 0.2) is 0 Å². The number of carbonyl (C=O) groups is 2. The normalized spacial score (nSPS) is 28.1. The minimum Gasteiger partial charge on any atom is -0.296 e. The number of nitrogens with one attached hydrogen (secondary N) is 1. The lowest BCUT2D eigenvalue weighted by Gasteiger charge is -2.30. The van der Waals surface area contributed by atoms with Crippen molar-refractivity contribution in [1.29, 1.82) is 0 Å². The van der Waals surface area contributed by atoms with Crippen molar-refractivity contribution in [2.75, 3.05) is 0 Å². The zero-order valence-electron chi connectivity index (χ0n) is 9.86. The van der Waals surface area contributed by atoms with Crippen molar-refractivity contribution in [1.82, 2.24) is 5.32 Å². The molecule has 2 fully saturated rings. The van der Waals surface area contributed by atoms with Gasteiger partial charge in [0.2, 0.25) is 11.8 Å². The summed E-state index contributed by atoms with van der Waals surface area (Å²) in [5.41, 5.74) is 0.804. The standard InChI is InChI=1S/C14H14FNO2/c15-10-5-3-9(4-6-10)13-11(8-1-2-8)7-12(17)16-14(13)18/h3-6,8,11,13H,1-2,7H2,(H,16,17,18). The Morgan fingerprint density at radius 2 is 1.78 bits per heavy atom. The van der Waals surface area contributed by atoms with Crippen LogP contribution in [0.3, 0.4) is 0 Å². The van der Waals surface area contributed by atoms with Gasteiger partial charge in [0, 0.05) is 6.42 Å². The topological polar surface area (TPSA) is 46.2 Å². The fourth-order valence-corrected chi connectivity index (χ4v) is 2.82. The molecule has 2 amide bonds. The van der Waals surface area contributed by atoms with Crippen LogP contribution in [0.1, 0.15) is 30.7 Å². The second kappa shape index (κ2) is 4.19. The maximum Gasteiger partial charge on any atom is 0.234 e. The molecule has 3 nitrogen and oxygen atoms in total. The number of piperidine rings is 1. The van der Waals surface area contributed by atoms with Gasteiger partial charge in [0.1, 0.15) is 5.82 Å². The largest absolute Gasteiger partial charge is 0.296 e. The molecule has 94 valence electrons. The maximum atomic E-state index is 12.9. The summed E-state index contributed by atoms with van der Waals surface area (Å²) in [6.07, 6.45) is 2.57. The molecule has 1 heterocycles. The van der Waals surface area contributed by atoms with Crippen LogP contribution < -0.4 is 5.32 Å². The Bertz CT molecular complexity index is 493. The van der Waals surface area contributed by atoms with Crippen LogP contribution in [0.4, 0.5) is 4.39 Å². The van der Waals surface area contributed by atoms with Crippen molar-refractivity contribution < 1.29 is 14.0 Å². The molecule has 2 atom stereocenters. The van der Waals surface area contributed by atoms with Gasteiger partial charge in [-0.3, -0.25) is 14.9 Å². The van der Waals surface area contributed by atoms with Crippen molar-refractivity contribution in [2.45, 2.75) is 25.2 Å². The highest BCUT2D eigenvalue weighted by Gasteiger charge is 2.44. The van der Waals surface area contributed by atoms with Gasteiger partial charge < -0.3 is 0 Å². The van der Waals surface area contributed by atoms with Gasteiger partial charge in [-0.2, -0.15) is 0 Å². The van der Waals surface area contributed by atoms with E-state index in [0.29, 0.717) is 12.3 Å². The summed E-state index contributed by atoms with van der Waals surface area (Å²) in [7, 11) is 0. The van der Waals surface area contributed by atoms with Crippen molar-refractivity contribution in [2.24, 2.45) is 11.8 Å². The lowest BCUT2D eigenvalue weighted by atomic mass is 9.78. The van der Waals surface area contributed by atoms with E-state index in [1.807, 2.05) is 0 Å². The summed E-state index contributed by atoms with van der Waals surface area (Å²) in [6.45, 7) is 0. The Kier molecular flexibility index (Phi) is 2.65. The zero-order valence-corrected chi connectivity index (χ0v) is 9.86. The van der Waals surface area contributed by atoms with Crippen LogP contribution in [0.25, 0.3) is 0 Å². The van der Waals surface area contributed by atoms with E-state index >= 15 is 0 Å². The fraction of sp³-hybridized carbons (Fsp3) is 0.429.